The van der Waals surface area contributed by atoms with Gasteiger partial charge in [0, 0.05) is 0 Å². The summed E-state index contributed by atoms with van der Waals surface area (Å²) in [5.41, 5.74) is 5.05. The normalized spacial score (nSPS) is 38.2. The zero-order chi connectivity index (χ0) is 15.5. The third-order valence-corrected chi connectivity index (χ3v) is 5.57. The average molecular weight is 297 g/mol. The SMILES string of the molecule is NC1(C(=O)O)CCCCCC1C1CCCCCC1C(=O)O. The molecule has 0 saturated heterocycles. The summed E-state index contributed by atoms with van der Waals surface area (Å²) in [5.74, 6) is -2.47. The largest absolute Gasteiger partial charge is 0.481 e. The van der Waals surface area contributed by atoms with Crippen LogP contribution in [0.15, 0.2) is 0 Å². The van der Waals surface area contributed by atoms with Gasteiger partial charge in [-0.05, 0) is 37.5 Å². The van der Waals surface area contributed by atoms with Crippen LogP contribution in [0.2, 0.25) is 0 Å². The summed E-state index contributed by atoms with van der Waals surface area (Å²) >= 11 is 0. The zero-order valence-corrected chi connectivity index (χ0v) is 12.6. The van der Waals surface area contributed by atoms with E-state index in [9.17, 15) is 19.8 Å². The number of carboxylic acid groups (broad SMARTS) is 2. The fourth-order valence-electron chi connectivity index (χ4n) is 4.39. The number of carbonyl (C=O) groups is 2. The van der Waals surface area contributed by atoms with Gasteiger partial charge in [0.25, 0.3) is 0 Å². The van der Waals surface area contributed by atoms with Crippen molar-refractivity contribution < 1.29 is 19.8 Å². The van der Waals surface area contributed by atoms with Crippen LogP contribution in [0, 0.1) is 17.8 Å². The van der Waals surface area contributed by atoms with Crippen LogP contribution in [0.3, 0.4) is 0 Å². The number of aliphatic carboxylic acids is 2. The molecule has 5 heteroatoms. The highest BCUT2D eigenvalue weighted by molar-refractivity contribution is 5.79. The van der Waals surface area contributed by atoms with Crippen molar-refractivity contribution in [1.82, 2.24) is 0 Å². The Kier molecular flexibility index (Phi) is 5.25. The van der Waals surface area contributed by atoms with Gasteiger partial charge in [-0.2, -0.15) is 0 Å². The highest BCUT2D eigenvalue weighted by Gasteiger charge is 2.49. The molecular weight excluding hydrogens is 270 g/mol. The van der Waals surface area contributed by atoms with Gasteiger partial charge in [-0.15, -0.1) is 0 Å². The predicted octanol–water partition coefficient (Wildman–Crippen LogP) is 2.63. The number of hydrogen-bond donors (Lipinski definition) is 3. The topological polar surface area (TPSA) is 101 Å². The van der Waals surface area contributed by atoms with Crippen LogP contribution in [-0.4, -0.2) is 27.7 Å². The first kappa shape index (κ1) is 16.3. The van der Waals surface area contributed by atoms with Crippen molar-refractivity contribution >= 4 is 11.9 Å². The summed E-state index contributed by atoms with van der Waals surface area (Å²) in [4.78, 5) is 23.4. The van der Waals surface area contributed by atoms with Crippen LogP contribution in [0.5, 0.6) is 0 Å². The van der Waals surface area contributed by atoms with E-state index < -0.39 is 23.4 Å². The first-order valence-electron chi connectivity index (χ1n) is 8.22. The van der Waals surface area contributed by atoms with Gasteiger partial charge in [-0.25, -0.2) is 0 Å². The highest BCUT2D eigenvalue weighted by Crippen LogP contribution is 2.44. The van der Waals surface area contributed by atoms with Crippen molar-refractivity contribution in [2.75, 3.05) is 0 Å². The Morgan fingerprint density at radius 3 is 2.19 bits per heavy atom. The van der Waals surface area contributed by atoms with Crippen molar-refractivity contribution in [3.05, 3.63) is 0 Å². The summed E-state index contributed by atoms with van der Waals surface area (Å²) in [6.07, 6.45) is 8.40. The van der Waals surface area contributed by atoms with Crippen molar-refractivity contribution in [2.45, 2.75) is 69.7 Å². The molecule has 2 aliphatic carbocycles. The summed E-state index contributed by atoms with van der Waals surface area (Å²) in [7, 11) is 0. The fourth-order valence-corrected chi connectivity index (χ4v) is 4.39. The van der Waals surface area contributed by atoms with E-state index in [0.29, 0.717) is 12.8 Å². The van der Waals surface area contributed by atoms with Crippen LogP contribution >= 0.6 is 0 Å². The number of nitrogens with two attached hydrogens (primary N) is 1. The van der Waals surface area contributed by atoms with Gasteiger partial charge in [0.15, 0.2) is 0 Å². The second-order valence-corrected chi connectivity index (χ2v) is 6.80. The molecule has 0 aliphatic heterocycles. The van der Waals surface area contributed by atoms with Gasteiger partial charge in [0.2, 0.25) is 0 Å². The maximum Gasteiger partial charge on any atom is 0.323 e. The summed E-state index contributed by atoms with van der Waals surface area (Å²) < 4.78 is 0. The summed E-state index contributed by atoms with van der Waals surface area (Å²) in [6.45, 7) is 0. The Labute approximate surface area is 125 Å². The lowest BCUT2D eigenvalue weighted by atomic mass is 9.67. The quantitative estimate of drug-likeness (QED) is 0.695. The third-order valence-electron chi connectivity index (χ3n) is 5.57. The monoisotopic (exact) mass is 297 g/mol. The van der Waals surface area contributed by atoms with Gasteiger partial charge in [-0.1, -0.05) is 38.5 Å². The average Bonchev–Trinajstić information content (AvgIpc) is 2.77. The maximum atomic E-state index is 11.8. The molecule has 0 aromatic carbocycles. The van der Waals surface area contributed by atoms with Crippen LogP contribution in [-0.2, 0) is 9.59 Å². The molecule has 4 unspecified atom stereocenters. The molecule has 2 rings (SSSR count). The molecule has 120 valence electrons. The zero-order valence-electron chi connectivity index (χ0n) is 12.6. The van der Waals surface area contributed by atoms with E-state index in [-0.39, 0.29) is 11.8 Å². The van der Waals surface area contributed by atoms with Crippen molar-refractivity contribution in [2.24, 2.45) is 23.5 Å². The molecule has 0 amide bonds. The van der Waals surface area contributed by atoms with Crippen LogP contribution < -0.4 is 5.73 Å². The lowest BCUT2D eigenvalue weighted by molar-refractivity contribution is -0.152. The summed E-state index contributed by atoms with van der Waals surface area (Å²) in [6, 6.07) is 0. The molecule has 0 bridgehead atoms. The lowest BCUT2D eigenvalue weighted by Gasteiger charge is -2.39. The van der Waals surface area contributed by atoms with E-state index in [0.717, 1.165) is 51.4 Å². The minimum absolute atomic E-state index is 0.0933. The van der Waals surface area contributed by atoms with E-state index in [1.807, 2.05) is 0 Å². The standard InChI is InChI=1S/C16H27NO4/c17-16(15(20)21)10-6-2-5-9-13(16)11-7-3-1-4-8-12(11)14(18)19/h11-13H,1-10,17H2,(H,18,19)(H,20,21). The van der Waals surface area contributed by atoms with Gasteiger partial charge >= 0.3 is 11.9 Å². The van der Waals surface area contributed by atoms with E-state index >= 15 is 0 Å². The van der Waals surface area contributed by atoms with E-state index in [1.165, 1.54) is 0 Å². The van der Waals surface area contributed by atoms with Crippen LogP contribution in [0.25, 0.3) is 0 Å². The van der Waals surface area contributed by atoms with Gasteiger partial charge in [0.1, 0.15) is 5.54 Å². The molecule has 4 atom stereocenters. The molecule has 0 aromatic heterocycles. The molecule has 2 saturated carbocycles. The fraction of sp³-hybridized carbons (Fsp3) is 0.875. The Bertz CT molecular complexity index is 398. The van der Waals surface area contributed by atoms with Crippen LogP contribution in [0.4, 0.5) is 0 Å². The minimum Gasteiger partial charge on any atom is -0.481 e. The first-order valence-corrected chi connectivity index (χ1v) is 8.22. The van der Waals surface area contributed by atoms with Crippen molar-refractivity contribution in [1.29, 1.82) is 0 Å². The molecule has 21 heavy (non-hydrogen) atoms. The lowest BCUT2D eigenvalue weighted by Crippen LogP contribution is -2.57. The van der Waals surface area contributed by atoms with Gasteiger partial charge in [0.05, 0.1) is 5.92 Å². The van der Waals surface area contributed by atoms with E-state index in [4.69, 9.17) is 5.73 Å². The second-order valence-electron chi connectivity index (χ2n) is 6.80. The molecule has 2 fully saturated rings. The summed E-state index contributed by atoms with van der Waals surface area (Å²) in [5, 5.41) is 19.2. The molecule has 0 spiro atoms. The molecule has 5 nitrogen and oxygen atoms in total. The highest BCUT2D eigenvalue weighted by atomic mass is 16.4. The number of rotatable bonds is 3. The minimum atomic E-state index is -1.25. The number of carboxylic acids is 2. The predicted molar refractivity (Wildman–Crippen MR) is 78.8 cm³/mol. The Balaban J connectivity index is 2.32. The third kappa shape index (κ3) is 3.39. The first-order chi connectivity index (χ1) is 9.97. The van der Waals surface area contributed by atoms with Crippen molar-refractivity contribution in [3.8, 4) is 0 Å². The van der Waals surface area contributed by atoms with Crippen LogP contribution in [0.1, 0.15) is 64.2 Å². The molecule has 2 aliphatic rings. The number of hydrogen-bond acceptors (Lipinski definition) is 3. The molecule has 0 radical (unpaired) electrons. The Morgan fingerprint density at radius 1 is 0.905 bits per heavy atom. The molecule has 0 heterocycles. The Hall–Kier alpha value is -1.10. The second kappa shape index (κ2) is 6.77. The molecular formula is C16H27NO4. The molecule has 4 N–H and O–H groups in total. The van der Waals surface area contributed by atoms with E-state index in [2.05, 4.69) is 0 Å². The van der Waals surface area contributed by atoms with E-state index in [1.54, 1.807) is 0 Å². The smallest absolute Gasteiger partial charge is 0.323 e. The van der Waals surface area contributed by atoms with Gasteiger partial charge < -0.3 is 15.9 Å². The van der Waals surface area contributed by atoms with Crippen molar-refractivity contribution in [3.63, 3.8) is 0 Å². The Morgan fingerprint density at radius 2 is 1.52 bits per heavy atom. The maximum absolute atomic E-state index is 11.8. The van der Waals surface area contributed by atoms with Gasteiger partial charge in [-0.3, -0.25) is 9.59 Å². The molecule has 0 aromatic rings.